The van der Waals surface area contributed by atoms with Gasteiger partial charge in [-0.2, -0.15) is 0 Å². The average molecular weight is 264 g/mol. The molecule has 0 saturated heterocycles. The van der Waals surface area contributed by atoms with E-state index in [-0.39, 0.29) is 12.5 Å². The molecule has 0 bridgehead atoms. The van der Waals surface area contributed by atoms with E-state index in [1.54, 1.807) is 0 Å². The van der Waals surface area contributed by atoms with Crippen molar-refractivity contribution in [3.05, 3.63) is 20.8 Å². The van der Waals surface area contributed by atoms with Gasteiger partial charge in [-0.15, -0.1) is 11.3 Å². The first-order chi connectivity index (χ1) is 6.02. The van der Waals surface area contributed by atoms with E-state index in [2.05, 4.69) is 15.9 Å². The first-order valence-corrected chi connectivity index (χ1v) is 5.85. The molecule has 0 aromatic carbocycles. The molecule has 0 fully saturated rings. The van der Waals surface area contributed by atoms with Gasteiger partial charge >= 0.3 is 0 Å². The van der Waals surface area contributed by atoms with Crippen molar-refractivity contribution in [1.82, 2.24) is 0 Å². The summed E-state index contributed by atoms with van der Waals surface area (Å²) in [5, 5.41) is 12.2. The maximum atomic E-state index is 10.3. The Balaban J connectivity index is 3.10. The standard InChI is InChI=1S/C9H14BrNOS/c1-6(2)9(12,5-11)8-7(10)3-4-13-8/h3-4,6,12H,5,11H2,1-2H3. The molecule has 0 radical (unpaired) electrons. The van der Waals surface area contributed by atoms with Crippen LogP contribution in [0.2, 0.25) is 0 Å². The highest BCUT2D eigenvalue weighted by Crippen LogP contribution is 2.37. The average Bonchev–Trinajstić information content (AvgIpc) is 2.50. The Bertz CT molecular complexity index is 287. The van der Waals surface area contributed by atoms with Crippen LogP contribution in [0.1, 0.15) is 18.7 Å². The van der Waals surface area contributed by atoms with Crippen LogP contribution in [0.3, 0.4) is 0 Å². The Labute approximate surface area is 90.9 Å². The molecule has 1 aromatic heterocycles. The molecule has 1 rings (SSSR count). The molecule has 0 saturated carbocycles. The molecule has 4 heteroatoms. The molecule has 0 spiro atoms. The van der Waals surface area contributed by atoms with Crippen LogP contribution in [0.15, 0.2) is 15.9 Å². The van der Waals surface area contributed by atoms with Crippen molar-refractivity contribution in [3.8, 4) is 0 Å². The van der Waals surface area contributed by atoms with E-state index in [1.807, 2.05) is 25.3 Å². The zero-order valence-corrected chi connectivity index (χ0v) is 10.2. The van der Waals surface area contributed by atoms with Gasteiger partial charge in [-0.1, -0.05) is 13.8 Å². The number of halogens is 1. The molecule has 0 aliphatic rings. The number of hydrogen-bond acceptors (Lipinski definition) is 3. The number of hydrogen-bond donors (Lipinski definition) is 2. The summed E-state index contributed by atoms with van der Waals surface area (Å²) in [5.74, 6) is 0.118. The minimum atomic E-state index is -0.896. The van der Waals surface area contributed by atoms with Crippen molar-refractivity contribution in [3.63, 3.8) is 0 Å². The Morgan fingerprint density at radius 1 is 1.69 bits per heavy atom. The Hall–Kier alpha value is 0.100. The third-order valence-corrected chi connectivity index (χ3v) is 4.28. The van der Waals surface area contributed by atoms with Crippen molar-refractivity contribution in [2.75, 3.05) is 6.54 Å². The first kappa shape index (κ1) is 11.2. The number of rotatable bonds is 3. The quantitative estimate of drug-likeness (QED) is 0.880. The summed E-state index contributed by atoms with van der Waals surface area (Å²) in [6.07, 6.45) is 0. The molecule has 1 atom stereocenters. The lowest BCUT2D eigenvalue weighted by Gasteiger charge is -2.30. The predicted octanol–water partition coefficient (Wildman–Crippen LogP) is 2.31. The highest BCUT2D eigenvalue weighted by molar-refractivity contribution is 9.10. The lowest BCUT2D eigenvalue weighted by Crippen LogP contribution is -2.39. The lowest BCUT2D eigenvalue weighted by atomic mass is 9.89. The van der Waals surface area contributed by atoms with Gasteiger partial charge in [0.2, 0.25) is 0 Å². The molecule has 1 aromatic rings. The molecule has 1 unspecified atom stereocenters. The van der Waals surface area contributed by atoms with Gasteiger partial charge in [0.1, 0.15) is 5.60 Å². The van der Waals surface area contributed by atoms with Crippen molar-refractivity contribution >= 4 is 27.3 Å². The fourth-order valence-electron chi connectivity index (χ4n) is 1.19. The SMILES string of the molecule is CC(C)C(O)(CN)c1sccc1Br. The van der Waals surface area contributed by atoms with Crippen molar-refractivity contribution in [1.29, 1.82) is 0 Å². The molecule has 0 amide bonds. The second-order valence-corrected chi connectivity index (χ2v) is 5.15. The van der Waals surface area contributed by atoms with Gasteiger partial charge in [0.05, 0.1) is 4.88 Å². The van der Waals surface area contributed by atoms with Crippen LogP contribution in [0.25, 0.3) is 0 Å². The third-order valence-electron chi connectivity index (χ3n) is 2.28. The molecule has 0 aliphatic heterocycles. The van der Waals surface area contributed by atoms with Crippen LogP contribution in [0, 0.1) is 5.92 Å². The van der Waals surface area contributed by atoms with Gasteiger partial charge in [0.25, 0.3) is 0 Å². The second-order valence-electron chi connectivity index (χ2n) is 3.38. The van der Waals surface area contributed by atoms with Crippen molar-refractivity contribution in [2.24, 2.45) is 11.7 Å². The Kier molecular flexibility index (Phi) is 3.51. The maximum absolute atomic E-state index is 10.3. The van der Waals surface area contributed by atoms with Crippen LogP contribution in [0.4, 0.5) is 0 Å². The summed E-state index contributed by atoms with van der Waals surface area (Å²) in [6, 6.07) is 1.93. The van der Waals surface area contributed by atoms with Crippen LogP contribution < -0.4 is 5.73 Å². The van der Waals surface area contributed by atoms with E-state index in [4.69, 9.17) is 5.73 Å². The Morgan fingerprint density at radius 2 is 2.31 bits per heavy atom. The fraction of sp³-hybridized carbons (Fsp3) is 0.556. The monoisotopic (exact) mass is 263 g/mol. The van der Waals surface area contributed by atoms with Gasteiger partial charge in [0.15, 0.2) is 0 Å². The summed E-state index contributed by atoms with van der Waals surface area (Å²) < 4.78 is 0.944. The number of nitrogens with two attached hydrogens (primary N) is 1. The lowest BCUT2D eigenvalue weighted by molar-refractivity contribution is 0.00178. The van der Waals surface area contributed by atoms with Crippen LogP contribution in [0.5, 0.6) is 0 Å². The summed E-state index contributed by atoms with van der Waals surface area (Å²) in [4.78, 5) is 0.921. The zero-order chi connectivity index (χ0) is 10.1. The third kappa shape index (κ3) is 1.96. The van der Waals surface area contributed by atoms with E-state index in [1.165, 1.54) is 11.3 Å². The van der Waals surface area contributed by atoms with E-state index in [0.29, 0.717) is 0 Å². The topological polar surface area (TPSA) is 46.2 Å². The number of aliphatic hydroxyl groups is 1. The van der Waals surface area contributed by atoms with E-state index >= 15 is 0 Å². The molecule has 13 heavy (non-hydrogen) atoms. The molecule has 1 heterocycles. The highest BCUT2D eigenvalue weighted by Gasteiger charge is 2.34. The first-order valence-electron chi connectivity index (χ1n) is 4.18. The molecule has 3 N–H and O–H groups in total. The maximum Gasteiger partial charge on any atom is 0.114 e. The van der Waals surface area contributed by atoms with E-state index in [9.17, 15) is 5.11 Å². The van der Waals surface area contributed by atoms with Crippen molar-refractivity contribution < 1.29 is 5.11 Å². The van der Waals surface area contributed by atoms with Gasteiger partial charge in [-0.05, 0) is 33.3 Å². The minimum Gasteiger partial charge on any atom is -0.383 e. The fourth-order valence-corrected chi connectivity index (χ4v) is 3.17. The summed E-state index contributed by atoms with van der Waals surface area (Å²) in [7, 11) is 0. The van der Waals surface area contributed by atoms with Gasteiger partial charge in [-0.25, -0.2) is 0 Å². The van der Waals surface area contributed by atoms with Crippen LogP contribution in [-0.2, 0) is 5.60 Å². The molecular formula is C9H14BrNOS. The highest BCUT2D eigenvalue weighted by atomic mass is 79.9. The predicted molar refractivity (Wildman–Crippen MR) is 59.8 cm³/mol. The second kappa shape index (κ2) is 4.09. The summed E-state index contributed by atoms with van der Waals surface area (Å²) in [5.41, 5.74) is 4.71. The minimum absolute atomic E-state index is 0.118. The van der Waals surface area contributed by atoms with Crippen LogP contribution >= 0.6 is 27.3 Å². The van der Waals surface area contributed by atoms with Gasteiger partial charge in [-0.3, -0.25) is 0 Å². The van der Waals surface area contributed by atoms with Crippen LogP contribution in [-0.4, -0.2) is 11.7 Å². The number of thiophene rings is 1. The smallest absolute Gasteiger partial charge is 0.114 e. The van der Waals surface area contributed by atoms with Crippen molar-refractivity contribution in [2.45, 2.75) is 19.4 Å². The van der Waals surface area contributed by atoms with Gasteiger partial charge < -0.3 is 10.8 Å². The van der Waals surface area contributed by atoms with Gasteiger partial charge in [0, 0.05) is 11.0 Å². The molecule has 74 valence electrons. The molecule has 0 aliphatic carbocycles. The van der Waals surface area contributed by atoms with E-state index in [0.717, 1.165) is 9.35 Å². The molecule has 2 nitrogen and oxygen atoms in total. The largest absolute Gasteiger partial charge is 0.383 e. The molecular weight excluding hydrogens is 250 g/mol. The van der Waals surface area contributed by atoms with E-state index < -0.39 is 5.60 Å². The summed E-state index contributed by atoms with van der Waals surface area (Å²) in [6.45, 7) is 4.20. The normalized spacial score (nSPS) is 16.2. The Morgan fingerprint density at radius 3 is 2.62 bits per heavy atom. The summed E-state index contributed by atoms with van der Waals surface area (Å²) >= 11 is 4.94. The zero-order valence-electron chi connectivity index (χ0n) is 7.75.